The van der Waals surface area contributed by atoms with E-state index in [1.54, 1.807) is 0 Å². The van der Waals surface area contributed by atoms with E-state index in [0.717, 1.165) is 12.0 Å². The molecule has 0 nitrogen and oxygen atoms in total. The third-order valence-electron chi connectivity index (χ3n) is 1.63. The average molecular weight is 156 g/mol. The lowest BCUT2D eigenvalue weighted by Crippen LogP contribution is -1.90. The molecule has 11 heavy (non-hydrogen) atoms. The number of hydrogen-bond acceptors (Lipinski definition) is 0. The molecule has 0 spiro atoms. The molecule has 0 aromatic rings. The van der Waals surface area contributed by atoms with Gasteiger partial charge in [0.25, 0.3) is 0 Å². The summed E-state index contributed by atoms with van der Waals surface area (Å²) in [6.07, 6.45) is 3.41. The second-order valence-corrected chi connectivity index (χ2v) is 2.58. The van der Waals surface area contributed by atoms with Crippen LogP contribution in [0.2, 0.25) is 0 Å². The zero-order valence-corrected chi connectivity index (χ0v) is 7.87. The van der Waals surface area contributed by atoms with Crippen molar-refractivity contribution in [2.45, 2.75) is 40.5 Å². The van der Waals surface area contributed by atoms with Crippen molar-refractivity contribution in [1.29, 1.82) is 0 Å². The van der Waals surface area contributed by atoms with E-state index in [0.29, 0.717) is 6.42 Å². The van der Waals surface area contributed by atoms with E-state index in [9.17, 15) is 4.39 Å². The summed E-state index contributed by atoms with van der Waals surface area (Å²) < 4.78 is 12.6. The van der Waals surface area contributed by atoms with Crippen LogP contribution >= 0.6 is 0 Å². The monoisotopic (exact) mass is 156 g/mol. The molecule has 0 unspecified atom stereocenters. The first kappa shape index (κ1) is 10.4. The lowest BCUT2D eigenvalue weighted by atomic mass is 10.0. The molecule has 0 atom stereocenters. The van der Waals surface area contributed by atoms with Crippen molar-refractivity contribution in [2.24, 2.45) is 0 Å². The highest BCUT2D eigenvalue weighted by molar-refractivity contribution is 5.27. The van der Waals surface area contributed by atoms with E-state index in [-0.39, 0.29) is 5.83 Å². The normalized spacial score (nSPS) is 17.0. The molecule has 0 heterocycles. The summed E-state index contributed by atoms with van der Waals surface area (Å²) in [5, 5.41) is 0. The summed E-state index contributed by atoms with van der Waals surface area (Å²) in [4.78, 5) is 0. The van der Waals surface area contributed by atoms with Crippen molar-refractivity contribution >= 4 is 0 Å². The van der Waals surface area contributed by atoms with Gasteiger partial charge >= 0.3 is 0 Å². The first-order chi connectivity index (χ1) is 5.20. The Bertz CT molecular complexity index is 175. The van der Waals surface area contributed by atoms with E-state index >= 15 is 0 Å². The minimum Gasteiger partial charge on any atom is -0.212 e. The summed E-state index contributed by atoms with van der Waals surface area (Å²) in [6.45, 7) is 7.86. The van der Waals surface area contributed by atoms with E-state index in [2.05, 4.69) is 0 Å². The van der Waals surface area contributed by atoms with Crippen molar-refractivity contribution in [3.63, 3.8) is 0 Å². The van der Waals surface area contributed by atoms with Gasteiger partial charge in [-0.15, -0.1) is 0 Å². The summed E-state index contributed by atoms with van der Waals surface area (Å²) >= 11 is 0. The van der Waals surface area contributed by atoms with Gasteiger partial charge in [-0.25, -0.2) is 4.39 Å². The summed E-state index contributed by atoms with van der Waals surface area (Å²) in [6, 6.07) is 0. The van der Waals surface area contributed by atoms with E-state index in [1.807, 2.05) is 33.8 Å². The molecular formula is C10H17F. The number of rotatable bonds is 0. The molecule has 0 saturated carbocycles. The van der Waals surface area contributed by atoms with Crippen LogP contribution in [0, 0.1) is 0 Å². The number of allylic oxidation sites excluding steroid dienone is 4. The third kappa shape index (κ3) is 3.35. The Balaban J connectivity index is 0.000000461. The molecule has 1 aliphatic carbocycles. The molecule has 1 rings (SSSR count). The fourth-order valence-electron chi connectivity index (χ4n) is 1.02. The molecule has 0 aromatic carbocycles. The summed E-state index contributed by atoms with van der Waals surface area (Å²) in [5.74, 6) is 0.0561. The zero-order chi connectivity index (χ0) is 8.85. The smallest absolute Gasteiger partial charge is 0.103 e. The van der Waals surface area contributed by atoms with Gasteiger partial charge in [-0.05, 0) is 25.8 Å². The molecule has 0 saturated heterocycles. The quantitative estimate of drug-likeness (QED) is 0.497. The highest BCUT2D eigenvalue weighted by Crippen LogP contribution is 2.23. The van der Waals surface area contributed by atoms with Gasteiger partial charge in [0.2, 0.25) is 0 Å². The van der Waals surface area contributed by atoms with Crippen LogP contribution in [0.25, 0.3) is 0 Å². The molecular weight excluding hydrogens is 139 g/mol. The summed E-state index contributed by atoms with van der Waals surface area (Å²) in [5.41, 5.74) is 2.09. The molecule has 1 aliphatic rings. The second kappa shape index (κ2) is 5.11. The van der Waals surface area contributed by atoms with Crippen LogP contribution in [0.15, 0.2) is 23.0 Å². The van der Waals surface area contributed by atoms with Gasteiger partial charge in [0.1, 0.15) is 5.83 Å². The van der Waals surface area contributed by atoms with Crippen LogP contribution in [0.3, 0.4) is 0 Å². The molecule has 1 heteroatoms. The van der Waals surface area contributed by atoms with E-state index in [1.165, 1.54) is 5.57 Å². The van der Waals surface area contributed by atoms with E-state index < -0.39 is 0 Å². The molecule has 0 N–H and O–H groups in total. The van der Waals surface area contributed by atoms with Crippen molar-refractivity contribution in [2.75, 3.05) is 0 Å². The molecule has 0 radical (unpaired) electrons. The molecule has 0 aliphatic heterocycles. The lowest BCUT2D eigenvalue weighted by molar-refractivity contribution is 0.572. The van der Waals surface area contributed by atoms with Crippen molar-refractivity contribution in [3.8, 4) is 0 Å². The number of halogens is 1. The molecule has 0 bridgehead atoms. The van der Waals surface area contributed by atoms with E-state index in [4.69, 9.17) is 0 Å². The van der Waals surface area contributed by atoms with Crippen LogP contribution in [-0.2, 0) is 0 Å². The fourth-order valence-corrected chi connectivity index (χ4v) is 1.02. The van der Waals surface area contributed by atoms with Crippen LogP contribution < -0.4 is 0 Å². The fraction of sp³-hybridized carbons (Fsp3) is 0.600. The van der Waals surface area contributed by atoms with Gasteiger partial charge in [0.05, 0.1) is 0 Å². The maximum Gasteiger partial charge on any atom is 0.103 e. The van der Waals surface area contributed by atoms with Gasteiger partial charge in [-0.3, -0.25) is 0 Å². The van der Waals surface area contributed by atoms with Crippen LogP contribution in [0.4, 0.5) is 4.39 Å². The SMILES string of the molecule is CC.CC1=CC(C)=C(F)CC1. The first-order valence-electron chi connectivity index (χ1n) is 4.22. The predicted octanol–water partition coefficient (Wildman–Crippen LogP) is 4.00. The van der Waals surface area contributed by atoms with Gasteiger partial charge in [-0.2, -0.15) is 0 Å². The third-order valence-corrected chi connectivity index (χ3v) is 1.63. The standard InChI is InChI=1S/C8H11F.C2H6/c1-6-3-4-8(9)7(2)5-6;1-2/h5H,3-4H2,1-2H3;1-2H3. The summed E-state index contributed by atoms with van der Waals surface area (Å²) in [7, 11) is 0. The highest BCUT2D eigenvalue weighted by Gasteiger charge is 2.05. The van der Waals surface area contributed by atoms with Crippen LogP contribution in [0.5, 0.6) is 0 Å². The maximum absolute atomic E-state index is 12.6. The largest absolute Gasteiger partial charge is 0.212 e. The Hall–Kier alpha value is -0.590. The Labute approximate surface area is 68.8 Å². The first-order valence-corrected chi connectivity index (χ1v) is 4.22. The van der Waals surface area contributed by atoms with Crippen molar-refractivity contribution < 1.29 is 4.39 Å². The predicted molar refractivity (Wildman–Crippen MR) is 48.1 cm³/mol. The van der Waals surface area contributed by atoms with Crippen molar-refractivity contribution in [1.82, 2.24) is 0 Å². The minimum absolute atomic E-state index is 0.0561. The second-order valence-electron chi connectivity index (χ2n) is 2.58. The van der Waals surface area contributed by atoms with Crippen LogP contribution in [0.1, 0.15) is 40.5 Å². The average Bonchev–Trinajstić information content (AvgIpc) is 2.02. The molecule has 64 valence electrons. The molecule has 0 amide bonds. The Morgan fingerprint density at radius 3 is 2.09 bits per heavy atom. The molecule has 0 aromatic heterocycles. The van der Waals surface area contributed by atoms with Gasteiger partial charge in [0.15, 0.2) is 0 Å². The van der Waals surface area contributed by atoms with Gasteiger partial charge in [-0.1, -0.05) is 25.5 Å². The van der Waals surface area contributed by atoms with Crippen molar-refractivity contribution in [3.05, 3.63) is 23.0 Å². The maximum atomic E-state index is 12.6. The highest BCUT2D eigenvalue weighted by atomic mass is 19.1. The van der Waals surface area contributed by atoms with Crippen LogP contribution in [-0.4, -0.2) is 0 Å². The number of hydrogen-bond donors (Lipinski definition) is 0. The zero-order valence-electron chi connectivity index (χ0n) is 7.87. The Kier molecular flexibility index (Phi) is 4.84. The Morgan fingerprint density at radius 1 is 1.18 bits per heavy atom. The van der Waals surface area contributed by atoms with Gasteiger partial charge in [0, 0.05) is 6.42 Å². The minimum atomic E-state index is 0.0561. The topological polar surface area (TPSA) is 0 Å². The van der Waals surface area contributed by atoms with Gasteiger partial charge < -0.3 is 0 Å². The Morgan fingerprint density at radius 2 is 1.73 bits per heavy atom. The lowest BCUT2D eigenvalue weighted by Gasteiger charge is -2.08. The molecule has 0 fully saturated rings.